The molecule has 0 aliphatic rings. The number of nitrogens with one attached hydrogen (secondary N) is 1. The number of carbonyl (C=O) groups excluding carboxylic acids is 2. The number of nitrogens with zero attached hydrogens (tertiary/aromatic N) is 2. The predicted octanol–water partition coefficient (Wildman–Crippen LogP) is 4.08. The van der Waals surface area contributed by atoms with Crippen LogP contribution in [0.2, 0.25) is 10.0 Å². The quantitative estimate of drug-likeness (QED) is 0.497. The van der Waals surface area contributed by atoms with Crippen molar-refractivity contribution >= 4 is 66.7 Å². The van der Waals surface area contributed by atoms with Crippen molar-refractivity contribution in [1.29, 1.82) is 0 Å². The molecule has 0 saturated carbocycles. The molecule has 2 rings (SSSR count). The number of halogens is 3. The first-order valence-electron chi connectivity index (χ1n) is 9.68. The number of sulfonamides is 1. The summed E-state index contributed by atoms with van der Waals surface area (Å²) in [4.78, 5) is 27.2. The molecule has 1 N–H and O–H groups in total. The van der Waals surface area contributed by atoms with Gasteiger partial charge in [0, 0.05) is 17.6 Å². The lowest BCUT2D eigenvalue weighted by Gasteiger charge is -2.31. The minimum atomic E-state index is -3.84. The molecule has 7 nitrogen and oxygen atoms in total. The van der Waals surface area contributed by atoms with E-state index in [1.807, 2.05) is 24.3 Å². The number of amides is 2. The van der Waals surface area contributed by atoms with Crippen LogP contribution in [0.15, 0.2) is 46.9 Å². The molecule has 11 heteroatoms. The minimum Gasteiger partial charge on any atom is -0.355 e. The van der Waals surface area contributed by atoms with E-state index in [-0.39, 0.29) is 28.2 Å². The van der Waals surface area contributed by atoms with Crippen molar-refractivity contribution in [1.82, 2.24) is 10.2 Å². The summed E-state index contributed by atoms with van der Waals surface area (Å²) in [6.07, 6.45) is 0.995. The molecule has 2 aromatic rings. The van der Waals surface area contributed by atoms with E-state index in [0.29, 0.717) is 6.54 Å². The van der Waals surface area contributed by atoms with Gasteiger partial charge in [0.2, 0.25) is 21.8 Å². The summed E-state index contributed by atoms with van der Waals surface area (Å²) in [5, 5.41) is 3.12. The largest absolute Gasteiger partial charge is 0.355 e. The monoisotopic (exact) mass is 563 g/mol. The molecule has 0 saturated heterocycles. The van der Waals surface area contributed by atoms with Gasteiger partial charge in [-0.15, -0.1) is 0 Å². The molecule has 174 valence electrons. The number of hydrogen-bond acceptors (Lipinski definition) is 4. The minimum absolute atomic E-state index is 0.121. The van der Waals surface area contributed by atoms with Gasteiger partial charge in [-0.05, 0) is 49.7 Å². The average molecular weight is 565 g/mol. The highest BCUT2D eigenvalue weighted by Crippen LogP contribution is 2.28. The van der Waals surface area contributed by atoms with Crippen molar-refractivity contribution in [3.8, 4) is 0 Å². The summed E-state index contributed by atoms with van der Waals surface area (Å²) in [6, 6.07) is 10.8. The molecule has 0 unspecified atom stereocenters. The van der Waals surface area contributed by atoms with Crippen LogP contribution < -0.4 is 9.62 Å². The van der Waals surface area contributed by atoms with Crippen LogP contribution in [0.1, 0.15) is 19.4 Å². The third kappa shape index (κ3) is 7.10. The van der Waals surface area contributed by atoms with Crippen LogP contribution in [0.25, 0.3) is 0 Å². The lowest BCUT2D eigenvalue weighted by Crippen LogP contribution is -2.51. The fraction of sp³-hybridized carbons (Fsp3) is 0.333. The zero-order valence-corrected chi connectivity index (χ0v) is 21.7. The van der Waals surface area contributed by atoms with Gasteiger partial charge in [0.1, 0.15) is 12.6 Å². The molecule has 0 aromatic heterocycles. The molecular weight excluding hydrogens is 541 g/mol. The highest BCUT2D eigenvalue weighted by molar-refractivity contribution is 9.10. The van der Waals surface area contributed by atoms with E-state index in [1.54, 1.807) is 13.8 Å². The van der Waals surface area contributed by atoms with Crippen LogP contribution in [0.5, 0.6) is 0 Å². The van der Waals surface area contributed by atoms with Gasteiger partial charge in [-0.1, -0.05) is 51.3 Å². The highest BCUT2D eigenvalue weighted by atomic mass is 79.9. The zero-order chi connectivity index (χ0) is 24.1. The van der Waals surface area contributed by atoms with Gasteiger partial charge in [-0.2, -0.15) is 0 Å². The Hall–Kier alpha value is -1.81. The van der Waals surface area contributed by atoms with Crippen LogP contribution in [0.4, 0.5) is 5.69 Å². The summed E-state index contributed by atoms with van der Waals surface area (Å²) >= 11 is 15.4. The van der Waals surface area contributed by atoms with Gasteiger partial charge in [0.05, 0.1) is 22.0 Å². The van der Waals surface area contributed by atoms with Crippen LogP contribution in [-0.2, 0) is 26.2 Å². The van der Waals surface area contributed by atoms with Crippen molar-refractivity contribution in [3.63, 3.8) is 0 Å². The molecule has 0 aliphatic heterocycles. The normalized spacial score (nSPS) is 12.2. The predicted molar refractivity (Wildman–Crippen MR) is 131 cm³/mol. The molecule has 0 heterocycles. The van der Waals surface area contributed by atoms with Crippen LogP contribution in [-0.4, -0.2) is 50.5 Å². The maximum Gasteiger partial charge on any atom is 0.244 e. The maximum atomic E-state index is 13.3. The molecule has 0 aliphatic carbocycles. The summed E-state index contributed by atoms with van der Waals surface area (Å²) in [6.45, 7) is 3.40. The molecule has 2 amide bonds. The Bertz CT molecular complexity index is 1100. The maximum absolute atomic E-state index is 13.3. The Labute approximate surface area is 206 Å². The van der Waals surface area contributed by atoms with Crippen molar-refractivity contribution in [3.05, 3.63) is 62.5 Å². The number of rotatable bonds is 9. The standard InChI is InChI=1S/C21H24BrCl2N3O4S/c1-4-25-21(29)14(2)26(12-15-6-5-7-16(22)10-15)20(28)13-27(32(3,30)31)17-8-9-18(23)19(24)11-17/h5-11,14H,4,12-13H2,1-3H3,(H,25,29)/t14-/m1/s1. The topological polar surface area (TPSA) is 86.8 Å². The number of carbonyl (C=O) groups is 2. The fourth-order valence-corrected chi connectivity index (χ4v) is 4.57. The van der Waals surface area contributed by atoms with Crippen molar-refractivity contribution in [2.75, 3.05) is 23.7 Å². The molecule has 32 heavy (non-hydrogen) atoms. The van der Waals surface area contributed by atoms with E-state index in [4.69, 9.17) is 23.2 Å². The number of hydrogen-bond donors (Lipinski definition) is 1. The number of anilines is 1. The molecular formula is C21H24BrCl2N3O4S. The van der Waals surface area contributed by atoms with E-state index < -0.39 is 28.5 Å². The van der Waals surface area contributed by atoms with Crippen LogP contribution in [0.3, 0.4) is 0 Å². The molecule has 2 aromatic carbocycles. The summed E-state index contributed by atoms with van der Waals surface area (Å²) in [7, 11) is -3.84. The lowest BCUT2D eigenvalue weighted by molar-refractivity contribution is -0.139. The first-order chi connectivity index (χ1) is 14.9. The molecule has 1 atom stereocenters. The van der Waals surface area contributed by atoms with Gasteiger partial charge in [-0.3, -0.25) is 13.9 Å². The smallest absolute Gasteiger partial charge is 0.244 e. The third-order valence-corrected chi connectivity index (χ3v) is 7.00. The lowest BCUT2D eigenvalue weighted by atomic mass is 10.1. The summed E-state index contributed by atoms with van der Waals surface area (Å²) in [5.41, 5.74) is 0.979. The second-order valence-electron chi connectivity index (χ2n) is 7.09. The second kappa shape index (κ2) is 11.4. The Morgan fingerprint density at radius 1 is 1.12 bits per heavy atom. The fourth-order valence-electron chi connectivity index (χ4n) is 2.99. The first kappa shape index (κ1) is 26.4. The van der Waals surface area contributed by atoms with E-state index in [2.05, 4.69) is 21.2 Å². The van der Waals surface area contributed by atoms with Crippen molar-refractivity contribution in [2.45, 2.75) is 26.4 Å². The van der Waals surface area contributed by atoms with Gasteiger partial charge in [0.15, 0.2) is 0 Å². The molecule has 0 fully saturated rings. The van der Waals surface area contributed by atoms with Crippen molar-refractivity contribution in [2.24, 2.45) is 0 Å². The number of benzene rings is 2. The highest BCUT2D eigenvalue weighted by Gasteiger charge is 2.30. The molecule has 0 spiro atoms. The average Bonchev–Trinajstić information content (AvgIpc) is 2.71. The second-order valence-corrected chi connectivity index (χ2v) is 10.7. The Morgan fingerprint density at radius 3 is 2.38 bits per heavy atom. The van der Waals surface area contributed by atoms with E-state index in [0.717, 1.165) is 20.6 Å². The van der Waals surface area contributed by atoms with Gasteiger partial charge in [0.25, 0.3) is 0 Å². The Morgan fingerprint density at radius 2 is 1.81 bits per heavy atom. The third-order valence-electron chi connectivity index (χ3n) is 4.63. The van der Waals surface area contributed by atoms with Crippen LogP contribution in [0, 0.1) is 0 Å². The SMILES string of the molecule is CCNC(=O)[C@@H](C)N(Cc1cccc(Br)c1)C(=O)CN(c1ccc(Cl)c(Cl)c1)S(C)(=O)=O. The van der Waals surface area contributed by atoms with E-state index in [1.165, 1.54) is 23.1 Å². The molecule has 0 radical (unpaired) electrons. The first-order valence-corrected chi connectivity index (χ1v) is 13.1. The van der Waals surface area contributed by atoms with Gasteiger partial charge < -0.3 is 10.2 Å². The van der Waals surface area contributed by atoms with Gasteiger partial charge in [-0.25, -0.2) is 8.42 Å². The van der Waals surface area contributed by atoms with E-state index in [9.17, 15) is 18.0 Å². The van der Waals surface area contributed by atoms with Crippen LogP contribution >= 0.6 is 39.1 Å². The van der Waals surface area contributed by atoms with Crippen molar-refractivity contribution < 1.29 is 18.0 Å². The summed E-state index contributed by atoms with van der Waals surface area (Å²) < 4.78 is 26.7. The summed E-state index contributed by atoms with van der Waals surface area (Å²) in [5.74, 6) is -0.878. The Balaban J connectivity index is 2.40. The van der Waals surface area contributed by atoms with Gasteiger partial charge >= 0.3 is 0 Å². The molecule has 0 bridgehead atoms. The van der Waals surface area contributed by atoms with E-state index >= 15 is 0 Å². The number of likely N-dealkylation sites (N-methyl/N-ethyl adjacent to an activating group) is 1. The zero-order valence-electron chi connectivity index (χ0n) is 17.8. The Kier molecular flexibility index (Phi) is 9.39.